The molecule has 14 heteroatoms. The molecule has 0 aliphatic carbocycles. The average molecular weight is 647 g/mol. The van der Waals surface area contributed by atoms with E-state index >= 15 is 0 Å². The fourth-order valence-corrected chi connectivity index (χ4v) is 6.91. The predicted octanol–water partition coefficient (Wildman–Crippen LogP) is 3.27. The van der Waals surface area contributed by atoms with Gasteiger partial charge in [-0.05, 0) is 53.4 Å². The van der Waals surface area contributed by atoms with E-state index in [-0.39, 0.29) is 61.7 Å². The number of para-hydroxylation sites is 1. The lowest BCUT2D eigenvalue weighted by Crippen LogP contribution is -2.66. The van der Waals surface area contributed by atoms with Gasteiger partial charge in [-0.1, -0.05) is 48.6 Å². The smallest absolute Gasteiger partial charge is 0.332 e. The molecule has 4 aromatic rings. The molecule has 2 fully saturated rings. The fraction of sp³-hybridized carbons (Fsp3) is 0.312. The maximum Gasteiger partial charge on any atom is 0.332 e. The number of benzene rings is 3. The predicted molar refractivity (Wildman–Crippen MR) is 172 cm³/mol. The van der Waals surface area contributed by atoms with Crippen molar-refractivity contribution in [1.29, 1.82) is 0 Å². The molecule has 2 atom stereocenters. The Balaban J connectivity index is 1.32. The summed E-state index contributed by atoms with van der Waals surface area (Å²) in [7, 11) is 0. The summed E-state index contributed by atoms with van der Waals surface area (Å²) in [5.74, 6) is -0.967. The minimum Gasteiger partial charge on any atom is -0.506 e. The van der Waals surface area contributed by atoms with Gasteiger partial charge in [-0.2, -0.15) is 5.01 Å². The highest BCUT2D eigenvalue weighted by atomic mass is 32.1. The molecule has 3 heterocycles. The van der Waals surface area contributed by atoms with Crippen molar-refractivity contribution in [3.05, 3.63) is 83.2 Å². The highest BCUT2D eigenvalue weighted by Gasteiger charge is 2.52. The molecule has 0 saturated carbocycles. The van der Waals surface area contributed by atoms with Crippen molar-refractivity contribution in [2.45, 2.75) is 45.1 Å². The van der Waals surface area contributed by atoms with E-state index in [1.165, 1.54) is 34.5 Å². The number of nitrogens with zero attached hydrogens (tertiary/aromatic N) is 5. The van der Waals surface area contributed by atoms with Crippen LogP contribution in [0.15, 0.2) is 60.7 Å². The first kappa shape index (κ1) is 31.0. The second-order valence-corrected chi connectivity index (χ2v) is 12.5. The van der Waals surface area contributed by atoms with Gasteiger partial charge in [0.2, 0.25) is 11.8 Å². The number of phenolic OH excluding ortho intramolecular Hbond substituents is 1. The van der Waals surface area contributed by atoms with Gasteiger partial charge in [0.1, 0.15) is 23.8 Å². The molecule has 0 radical (unpaired) electrons. The standard InChI is InChI=1S/C32H35FN8O4S/c1-2-12-39(32(45)36-15-19-6-9-22(33)10-7-19)40-18-28(43)41-24(14-20-8-11-25(42)23(34)13-20)30(44)38(17-27(40)41)16-21-4-3-5-26-29(21)37-31(35)46-26/h3-11,13,24,27,42H,2,12,14-18,34H2,1H3,(H2,35,37)(H,36,45)/t24-,27+/m0/s1. The Kier molecular flexibility index (Phi) is 8.65. The van der Waals surface area contributed by atoms with Crippen molar-refractivity contribution in [1.82, 2.24) is 30.1 Å². The van der Waals surface area contributed by atoms with Gasteiger partial charge in [-0.3, -0.25) is 14.6 Å². The Morgan fingerprint density at radius 2 is 1.89 bits per heavy atom. The Labute approximate surface area is 269 Å². The Morgan fingerprint density at radius 1 is 1.13 bits per heavy atom. The topological polar surface area (TPSA) is 161 Å². The molecule has 240 valence electrons. The Bertz CT molecular complexity index is 1780. The summed E-state index contributed by atoms with van der Waals surface area (Å²) in [4.78, 5) is 49.3. The van der Waals surface area contributed by atoms with E-state index < -0.39 is 18.2 Å². The average Bonchev–Trinajstić information content (AvgIpc) is 3.58. The van der Waals surface area contributed by atoms with Crippen LogP contribution in [0.2, 0.25) is 0 Å². The van der Waals surface area contributed by atoms with Crippen molar-refractivity contribution in [3.8, 4) is 5.75 Å². The van der Waals surface area contributed by atoms with Crippen molar-refractivity contribution >= 4 is 50.2 Å². The molecule has 0 spiro atoms. The quantitative estimate of drug-likeness (QED) is 0.159. The molecular weight excluding hydrogens is 611 g/mol. The van der Waals surface area contributed by atoms with E-state index in [1.807, 2.05) is 25.1 Å². The number of piperazine rings is 1. The van der Waals surface area contributed by atoms with Gasteiger partial charge >= 0.3 is 6.03 Å². The van der Waals surface area contributed by atoms with Gasteiger partial charge in [0.15, 0.2) is 5.13 Å². The SMILES string of the molecule is CCCN(C(=O)NCc1ccc(F)cc1)N1CC(=O)N2[C@@H](Cc3ccc(O)c(N)c3)C(=O)N(Cc3cccc4sc(N)nc34)C[C@@H]21. The number of hydrazine groups is 1. The second-order valence-electron chi connectivity index (χ2n) is 11.4. The van der Waals surface area contributed by atoms with Gasteiger partial charge in [0.25, 0.3) is 0 Å². The van der Waals surface area contributed by atoms with E-state index in [2.05, 4.69) is 10.3 Å². The van der Waals surface area contributed by atoms with Crippen LogP contribution in [-0.2, 0) is 29.1 Å². The number of carbonyl (C=O) groups is 3. The molecular formula is C32H35FN8O4S. The molecule has 3 aromatic carbocycles. The van der Waals surface area contributed by atoms with Gasteiger partial charge < -0.3 is 31.7 Å². The van der Waals surface area contributed by atoms with Crippen LogP contribution in [0, 0.1) is 5.82 Å². The van der Waals surface area contributed by atoms with Gasteiger partial charge in [0.05, 0.1) is 29.0 Å². The summed E-state index contributed by atoms with van der Waals surface area (Å²) >= 11 is 1.37. The summed E-state index contributed by atoms with van der Waals surface area (Å²) in [5.41, 5.74) is 15.1. The van der Waals surface area contributed by atoms with Crippen molar-refractivity contribution in [2.75, 3.05) is 31.1 Å². The number of nitrogen functional groups attached to an aromatic ring is 2. The first-order valence-corrected chi connectivity index (χ1v) is 15.8. The van der Waals surface area contributed by atoms with Gasteiger partial charge in [0, 0.05) is 26.1 Å². The van der Waals surface area contributed by atoms with Crippen LogP contribution in [-0.4, -0.2) is 79.6 Å². The molecule has 6 rings (SSSR count). The van der Waals surface area contributed by atoms with Crippen LogP contribution in [0.3, 0.4) is 0 Å². The van der Waals surface area contributed by atoms with Gasteiger partial charge in [-0.15, -0.1) is 0 Å². The number of nitrogens with two attached hydrogens (primary N) is 2. The number of hydrogen-bond donors (Lipinski definition) is 4. The summed E-state index contributed by atoms with van der Waals surface area (Å²) in [6.45, 7) is 2.72. The Morgan fingerprint density at radius 3 is 2.63 bits per heavy atom. The number of phenols is 1. The van der Waals surface area contributed by atoms with E-state index in [0.717, 1.165) is 21.3 Å². The molecule has 2 aliphatic rings. The molecule has 0 unspecified atom stereocenters. The normalized spacial score (nSPS) is 18.3. The van der Waals surface area contributed by atoms with Crippen molar-refractivity contribution in [3.63, 3.8) is 0 Å². The number of carbonyl (C=O) groups excluding carboxylic acids is 3. The number of aromatic hydroxyl groups is 1. The summed E-state index contributed by atoms with van der Waals surface area (Å²) in [5, 5.41) is 16.5. The van der Waals surface area contributed by atoms with E-state index in [1.54, 1.807) is 39.1 Å². The zero-order valence-electron chi connectivity index (χ0n) is 25.2. The molecule has 1 aromatic heterocycles. The number of amides is 4. The van der Waals surface area contributed by atoms with Crippen LogP contribution in [0.25, 0.3) is 10.2 Å². The molecule has 46 heavy (non-hydrogen) atoms. The van der Waals surface area contributed by atoms with Crippen LogP contribution in [0.1, 0.15) is 30.0 Å². The number of nitrogens with one attached hydrogen (secondary N) is 1. The van der Waals surface area contributed by atoms with Crippen LogP contribution >= 0.6 is 11.3 Å². The monoisotopic (exact) mass is 646 g/mol. The summed E-state index contributed by atoms with van der Waals surface area (Å²) in [6.07, 6.45) is 0.148. The number of urea groups is 1. The molecule has 12 nitrogen and oxygen atoms in total. The van der Waals surface area contributed by atoms with Gasteiger partial charge in [-0.25, -0.2) is 14.2 Å². The highest BCUT2D eigenvalue weighted by Crippen LogP contribution is 2.33. The molecule has 6 N–H and O–H groups in total. The molecule has 4 amide bonds. The number of hydrogen-bond acceptors (Lipinski definition) is 9. The van der Waals surface area contributed by atoms with E-state index in [4.69, 9.17) is 11.5 Å². The number of fused-ring (bicyclic) bond motifs is 2. The third-order valence-electron chi connectivity index (χ3n) is 8.30. The highest BCUT2D eigenvalue weighted by molar-refractivity contribution is 7.22. The maximum absolute atomic E-state index is 14.2. The Hall–Kier alpha value is -4.95. The lowest BCUT2D eigenvalue weighted by Gasteiger charge is -2.46. The fourth-order valence-electron chi connectivity index (χ4n) is 6.13. The minimum absolute atomic E-state index is 0.0702. The first-order valence-electron chi connectivity index (χ1n) is 15.0. The molecule has 2 aliphatic heterocycles. The van der Waals surface area contributed by atoms with Crippen LogP contribution in [0.4, 0.5) is 20.0 Å². The third kappa shape index (κ3) is 6.13. The van der Waals surface area contributed by atoms with Crippen LogP contribution < -0.4 is 16.8 Å². The number of rotatable bonds is 9. The summed E-state index contributed by atoms with van der Waals surface area (Å²) in [6, 6.07) is 15.0. The minimum atomic E-state index is -0.884. The maximum atomic E-state index is 14.2. The number of thiazole rings is 1. The summed E-state index contributed by atoms with van der Waals surface area (Å²) < 4.78 is 14.3. The number of halogens is 1. The van der Waals surface area contributed by atoms with E-state index in [9.17, 15) is 23.9 Å². The zero-order valence-corrected chi connectivity index (χ0v) is 26.0. The largest absolute Gasteiger partial charge is 0.506 e. The van der Waals surface area contributed by atoms with E-state index in [0.29, 0.717) is 23.7 Å². The number of aromatic nitrogens is 1. The molecule has 0 bridgehead atoms. The lowest BCUT2D eigenvalue weighted by molar-refractivity contribution is -0.157. The van der Waals surface area contributed by atoms with Crippen molar-refractivity contribution < 1.29 is 23.9 Å². The number of anilines is 2. The lowest BCUT2D eigenvalue weighted by atomic mass is 9.99. The van der Waals surface area contributed by atoms with Crippen LogP contribution in [0.5, 0.6) is 5.75 Å². The second kappa shape index (κ2) is 12.8. The molecule has 2 saturated heterocycles. The first-order chi connectivity index (χ1) is 22.1. The third-order valence-corrected chi connectivity index (χ3v) is 9.15. The van der Waals surface area contributed by atoms with Crippen molar-refractivity contribution in [2.24, 2.45) is 0 Å². The zero-order chi connectivity index (χ0) is 32.5.